The highest BCUT2D eigenvalue weighted by Crippen LogP contribution is 2.26. The standard InChI is InChI=1S/C9H10ClNO2.ClH/c1-13-9-3-2-6(10)4-7(9)8(11)5-12;/h2-5,8H,11H2,1H3;1H. The molecule has 0 amide bonds. The molecule has 0 heterocycles. The molecule has 3 nitrogen and oxygen atoms in total. The van der Waals surface area contributed by atoms with Crippen molar-refractivity contribution in [3.8, 4) is 5.75 Å². The first-order chi connectivity index (χ1) is 6.19. The van der Waals surface area contributed by atoms with E-state index in [1.54, 1.807) is 18.2 Å². The van der Waals surface area contributed by atoms with Gasteiger partial charge in [-0.2, -0.15) is 0 Å². The van der Waals surface area contributed by atoms with E-state index in [1.807, 2.05) is 0 Å². The normalized spacial score (nSPS) is 11.4. The number of rotatable bonds is 3. The molecule has 1 unspecified atom stereocenters. The Balaban J connectivity index is 0.00000169. The van der Waals surface area contributed by atoms with E-state index in [-0.39, 0.29) is 12.4 Å². The fourth-order valence-electron chi connectivity index (χ4n) is 1.04. The van der Waals surface area contributed by atoms with Crippen molar-refractivity contribution in [1.82, 2.24) is 0 Å². The van der Waals surface area contributed by atoms with Crippen LogP contribution in [0.5, 0.6) is 5.75 Å². The highest BCUT2D eigenvalue weighted by Gasteiger charge is 2.10. The molecule has 1 atom stereocenters. The SMILES string of the molecule is COc1ccc(Cl)cc1C(N)C=O.Cl. The summed E-state index contributed by atoms with van der Waals surface area (Å²) in [7, 11) is 1.52. The molecule has 0 aliphatic carbocycles. The summed E-state index contributed by atoms with van der Waals surface area (Å²) in [5, 5.41) is 0.535. The van der Waals surface area contributed by atoms with Crippen LogP contribution in [0.1, 0.15) is 11.6 Å². The maximum Gasteiger partial charge on any atom is 0.141 e. The van der Waals surface area contributed by atoms with Gasteiger partial charge in [-0.05, 0) is 18.2 Å². The lowest BCUT2D eigenvalue weighted by Gasteiger charge is -2.10. The number of ether oxygens (including phenoxy) is 1. The molecular weight excluding hydrogens is 225 g/mol. The van der Waals surface area contributed by atoms with E-state index in [0.717, 1.165) is 0 Å². The van der Waals surface area contributed by atoms with Gasteiger partial charge >= 0.3 is 0 Å². The number of carbonyl (C=O) groups excluding carboxylic acids is 1. The van der Waals surface area contributed by atoms with Gasteiger partial charge in [0.25, 0.3) is 0 Å². The predicted molar refractivity (Wildman–Crippen MR) is 58.2 cm³/mol. The first-order valence-corrected chi connectivity index (χ1v) is 4.11. The maximum absolute atomic E-state index is 10.5. The van der Waals surface area contributed by atoms with Crippen LogP contribution >= 0.6 is 24.0 Å². The summed E-state index contributed by atoms with van der Waals surface area (Å²) >= 11 is 5.75. The summed E-state index contributed by atoms with van der Waals surface area (Å²) < 4.78 is 5.03. The minimum atomic E-state index is -0.686. The summed E-state index contributed by atoms with van der Waals surface area (Å²) in [5.41, 5.74) is 6.13. The van der Waals surface area contributed by atoms with Crippen LogP contribution in [0.4, 0.5) is 0 Å². The lowest BCUT2D eigenvalue weighted by atomic mass is 10.1. The fourth-order valence-corrected chi connectivity index (χ4v) is 1.22. The van der Waals surface area contributed by atoms with E-state index < -0.39 is 6.04 Å². The molecule has 0 saturated carbocycles. The first kappa shape index (κ1) is 13.2. The molecule has 0 radical (unpaired) electrons. The molecule has 78 valence electrons. The van der Waals surface area contributed by atoms with Gasteiger partial charge < -0.3 is 15.3 Å². The third kappa shape index (κ3) is 2.87. The number of hydrogen-bond acceptors (Lipinski definition) is 3. The van der Waals surface area contributed by atoms with E-state index in [9.17, 15) is 4.79 Å². The van der Waals surface area contributed by atoms with Gasteiger partial charge in [0.2, 0.25) is 0 Å². The molecule has 14 heavy (non-hydrogen) atoms. The minimum Gasteiger partial charge on any atom is -0.496 e. The van der Waals surface area contributed by atoms with Crippen molar-refractivity contribution in [2.45, 2.75) is 6.04 Å². The van der Waals surface area contributed by atoms with Crippen LogP contribution in [0, 0.1) is 0 Å². The Morgan fingerprint density at radius 1 is 1.57 bits per heavy atom. The van der Waals surface area contributed by atoms with Crippen molar-refractivity contribution in [3.05, 3.63) is 28.8 Å². The molecule has 1 aromatic rings. The topological polar surface area (TPSA) is 52.3 Å². The largest absolute Gasteiger partial charge is 0.496 e. The molecule has 1 aromatic carbocycles. The molecule has 1 rings (SSSR count). The number of halogens is 2. The molecule has 0 fully saturated rings. The predicted octanol–water partition coefficient (Wildman–Crippen LogP) is 1.97. The van der Waals surface area contributed by atoms with Gasteiger partial charge in [0, 0.05) is 10.6 Å². The highest BCUT2D eigenvalue weighted by atomic mass is 35.5. The molecule has 2 N–H and O–H groups in total. The fraction of sp³-hybridized carbons (Fsp3) is 0.222. The lowest BCUT2D eigenvalue weighted by molar-refractivity contribution is -0.109. The van der Waals surface area contributed by atoms with Gasteiger partial charge in [-0.1, -0.05) is 11.6 Å². The maximum atomic E-state index is 10.5. The number of hydrogen-bond donors (Lipinski definition) is 1. The Kier molecular flexibility index (Phi) is 5.53. The average molecular weight is 236 g/mol. The van der Waals surface area contributed by atoms with Crippen LogP contribution in [-0.4, -0.2) is 13.4 Å². The van der Waals surface area contributed by atoms with Crippen LogP contribution < -0.4 is 10.5 Å². The number of benzene rings is 1. The third-order valence-electron chi connectivity index (χ3n) is 1.70. The molecule has 0 saturated heterocycles. The van der Waals surface area contributed by atoms with Crippen LogP contribution in [-0.2, 0) is 4.79 Å². The molecule has 0 aromatic heterocycles. The second-order valence-corrected chi connectivity index (χ2v) is 2.98. The van der Waals surface area contributed by atoms with Crippen LogP contribution in [0.3, 0.4) is 0 Å². The molecule has 5 heteroatoms. The number of methoxy groups -OCH3 is 1. The van der Waals surface area contributed by atoms with Crippen LogP contribution in [0.15, 0.2) is 18.2 Å². The summed E-state index contributed by atoms with van der Waals surface area (Å²) in [6.07, 6.45) is 0.647. The molecule has 0 spiro atoms. The zero-order chi connectivity index (χ0) is 9.84. The van der Waals surface area contributed by atoms with Crippen molar-refractivity contribution in [2.24, 2.45) is 5.73 Å². The lowest BCUT2D eigenvalue weighted by Crippen LogP contribution is -2.12. The van der Waals surface area contributed by atoms with Gasteiger partial charge in [0.15, 0.2) is 0 Å². The van der Waals surface area contributed by atoms with E-state index in [1.165, 1.54) is 7.11 Å². The van der Waals surface area contributed by atoms with Gasteiger partial charge in [-0.3, -0.25) is 0 Å². The Bertz CT molecular complexity index is 318. The number of nitrogens with two attached hydrogens (primary N) is 1. The van der Waals surface area contributed by atoms with E-state index >= 15 is 0 Å². The van der Waals surface area contributed by atoms with Crippen molar-refractivity contribution >= 4 is 30.3 Å². The zero-order valence-corrected chi connectivity index (χ0v) is 9.14. The minimum absolute atomic E-state index is 0. The van der Waals surface area contributed by atoms with Crippen LogP contribution in [0.2, 0.25) is 5.02 Å². The third-order valence-corrected chi connectivity index (χ3v) is 1.93. The highest BCUT2D eigenvalue weighted by molar-refractivity contribution is 6.30. The zero-order valence-electron chi connectivity index (χ0n) is 7.57. The van der Waals surface area contributed by atoms with Gasteiger partial charge in [0.05, 0.1) is 13.2 Å². The Labute approximate surface area is 93.6 Å². The first-order valence-electron chi connectivity index (χ1n) is 3.73. The van der Waals surface area contributed by atoms with Crippen molar-refractivity contribution in [2.75, 3.05) is 7.11 Å². The quantitative estimate of drug-likeness (QED) is 0.816. The van der Waals surface area contributed by atoms with Crippen molar-refractivity contribution < 1.29 is 9.53 Å². The summed E-state index contributed by atoms with van der Waals surface area (Å²) in [6, 6.07) is 4.30. The monoisotopic (exact) mass is 235 g/mol. The number of aldehydes is 1. The second kappa shape index (κ2) is 5.86. The summed E-state index contributed by atoms with van der Waals surface area (Å²) in [4.78, 5) is 10.5. The van der Waals surface area contributed by atoms with Gasteiger partial charge in [-0.15, -0.1) is 12.4 Å². The van der Waals surface area contributed by atoms with Crippen molar-refractivity contribution in [3.63, 3.8) is 0 Å². The van der Waals surface area contributed by atoms with E-state index in [4.69, 9.17) is 22.1 Å². The Hall–Kier alpha value is -0.770. The summed E-state index contributed by atoms with van der Waals surface area (Å²) in [6.45, 7) is 0. The smallest absolute Gasteiger partial charge is 0.141 e. The Morgan fingerprint density at radius 2 is 2.21 bits per heavy atom. The Morgan fingerprint density at radius 3 is 2.71 bits per heavy atom. The second-order valence-electron chi connectivity index (χ2n) is 2.55. The molecular formula is C9H11Cl2NO2. The van der Waals surface area contributed by atoms with E-state index in [0.29, 0.717) is 22.6 Å². The van der Waals surface area contributed by atoms with Crippen LogP contribution in [0.25, 0.3) is 0 Å². The molecule has 0 bridgehead atoms. The van der Waals surface area contributed by atoms with Gasteiger partial charge in [-0.25, -0.2) is 0 Å². The molecule has 0 aliphatic rings. The number of carbonyl (C=O) groups is 1. The van der Waals surface area contributed by atoms with Gasteiger partial charge in [0.1, 0.15) is 12.0 Å². The average Bonchev–Trinajstić information content (AvgIpc) is 2.16. The summed E-state index contributed by atoms with van der Waals surface area (Å²) in [5.74, 6) is 0.573. The molecule has 0 aliphatic heterocycles. The van der Waals surface area contributed by atoms with Crippen molar-refractivity contribution in [1.29, 1.82) is 0 Å². The van der Waals surface area contributed by atoms with E-state index in [2.05, 4.69) is 0 Å².